The first kappa shape index (κ1) is 29.1. The molecule has 0 aromatic heterocycles. The first-order chi connectivity index (χ1) is 20.4. The Balaban J connectivity index is 1.54. The molecule has 0 bridgehead atoms. The van der Waals surface area contributed by atoms with Gasteiger partial charge in [-0.05, 0) is 59.7 Å². The zero-order chi connectivity index (χ0) is 29.9. The largest absolute Gasteiger partial charge is 0.488 e. The molecule has 0 heterocycles. The Hall–Kier alpha value is -5.90. The Bertz CT molecular complexity index is 1530. The molecular formula is C32H24N2O8. The second kappa shape index (κ2) is 13.9. The van der Waals surface area contributed by atoms with Gasteiger partial charge in [0, 0.05) is 46.5 Å². The standard InChI is InChI=1S/C32H24N2O8/c35-19-27(17-25-5-1-3-7-31(25)41-21-23-9-13-29(14-10-23)33(37)38)28(20-36)18-26-6-2-4-8-32(26)42-22-24-11-15-30(16-12-24)34(39)40/h1-20H,21-22H2. The highest BCUT2D eigenvalue weighted by atomic mass is 16.6. The molecule has 0 atom stereocenters. The third-order valence-corrected chi connectivity index (χ3v) is 6.13. The number of para-hydroxylation sites is 2. The Morgan fingerprint density at radius 3 is 1.26 bits per heavy atom. The molecule has 0 spiro atoms. The molecule has 0 aliphatic heterocycles. The van der Waals surface area contributed by atoms with Crippen molar-refractivity contribution < 1.29 is 28.9 Å². The quantitative estimate of drug-likeness (QED) is 0.0587. The smallest absolute Gasteiger partial charge is 0.269 e. The molecule has 0 aliphatic carbocycles. The number of nitrogens with zero attached hydrogens (tertiary/aromatic N) is 2. The van der Waals surface area contributed by atoms with Crippen molar-refractivity contribution >= 4 is 36.1 Å². The number of non-ortho nitro benzene ring substituents is 2. The normalized spacial score (nSPS) is 11.4. The van der Waals surface area contributed by atoms with Crippen molar-refractivity contribution in [1.82, 2.24) is 0 Å². The van der Waals surface area contributed by atoms with E-state index in [4.69, 9.17) is 9.47 Å². The lowest BCUT2D eigenvalue weighted by Gasteiger charge is -2.11. The van der Waals surface area contributed by atoms with Gasteiger partial charge in [0.25, 0.3) is 11.4 Å². The van der Waals surface area contributed by atoms with Gasteiger partial charge in [0.1, 0.15) is 24.7 Å². The highest BCUT2D eigenvalue weighted by Gasteiger charge is 2.11. The lowest BCUT2D eigenvalue weighted by molar-refractivity contribution is -0.385. The number of nitro groups is 2. The fraction of sp³-hybridized carbons (Fsp3) is 0.0625. The first-order valence-electron chi connectivity index (χ1n) is 12.6. The highest BCUT2D eigenvalue weighted by molar-refractivity contribution is 6.03. The second-order valence-corrected chi connectivity index (χ2v) is 8.94. The SMILES string of the molecule is O=CC(=Cc1ccccc1OCc1ccc([N+](=O)[O-])cc1)C(C=O)=Cc1ccccc1OCc1ccc([N+](=O)[O-])cc1. The van der Waals surface area contributed by atoms with E-state index in [1.165, 1.54) is 24.3 Å². The Kier molecular flexibility index (Phi) is 9.66. The Labute approximate surface area is 240 Å². The Morgan fingerprint density at radius 2 is 0.929 bits per heavy atom. The van der Waals surface area contributed by atoms with Gasteiger partial charge in [-0.2, -0.15) is 0 Å². The minimum Gasteiger partial charge on any atom is -0.488 e. The third kappa shape index (κ3) is 7.60. The van der Waals surface area contributed by atoms with Crippen LogP contribution in [-0.4, -0.2) is 22.4 Å². The van der Waals surface area contributed by atoms with Crippen LogP contribution in [0, 0.1) is 20.2 Å². The number of allylic oxidation sites excluding steroid dienone is 2. The summed E-state index contributed by atoms with van der Waals surface area (Å²) < 4.78 is 11.8. The van der Waals surface area contributed by atoms with Gasteiger partial charge in [0.05, 0.1) is 9.85 Å². The van der Waals surface area contributed by atoms with E-state index in [0.717, 1.165) is 0 Å². The summed E-state index contributed by atoms with van der Waals surface area (Å²) in [4.78, 5) is 45.0. The van der Waals surface area contributed by atoms with Crippen LogP contribution in [0.25, 0.3) is 12.2 Å². The minimum atomic E-state index is -0.479. The predicted molar refractivity (Wildman–Crippen MR) is 156 cm³/mol. The zero-order valence-corrected chi connectivity index (χ0v) is 22.1. The number of rotatable bonds is 13. The maximum absolute atomic E-state index is 12.1. The average Bonchev–Trinajstić information content (AvgIpc) is 3.02. The summed E-state index contributed by atoms with van der Waals surface area (Å²) >= 11 is 0. The van der Waals surface area contributed by atoms with E-state index in [1.807, 2.05) is 0 Å². The van der Waals surface area contributed by atoms with Crippen molar-refractivity contribution in [2.45, 2.75) is 13.2 Å². The molecule has 0 N–H and O–H groups in total. The molecule has 0 aliphatic rings. The summed E-state index contributed by atoms with van der Waals surface area (Å²) in [6, 6.07) is 25.9. The molecule has 0 unspecified atom stereocenters. The molecular weight excluding hydrogens is 540 g/mol. The van der Waals surface area contributed by atoms with Crippen LogP contribution < -0.4 is 9.47 Å². The van der Waals surface area contributed by atoms with Crippen LogP contribution in [0.4, 0.5) is 11.4 Å². The molecule has 4 aromatic carbocycles. The number of ether oxygens (including phenoxy) is 2. The van der Waals surface area contributed by atoms with Gasteiger partial charge in [-0.25, -0.2) is 0 Å². The number of carbonyl (C=O) groups excluding carboxylic acids is 2. The van der Waals surface area contributed by atoms with Crippen molar-refractivity contribution in [2.75, 3.05) is 0 Å². The fourth-order valence-electron chi connectivity index (χ4n) is 3.92. The number of hydrogen-bond acceptors (Lipinski definition) is 8. The van der Waals surface area contributed by atoms with Crippen molar-refractivity contribution in [1.29, 1.82) is 0 Å². The molecule has 0 amide bonds. The molecule has 0 radical (unpaired) electrons. The van der Waals surface area contributed by atoms with Gasteiger partial charge in [-0.15, -0.1) is 0 Å². The average molecular weight is 565 g/mol. The van der Waals surface area contributed by atoms with E-state index >= 15 is 0 Å². The van der Waals surface area contributed by atoms with Crippen molar-refractivity contribution in [3.63, 3.8) is 0 Å². The van der Waals surface area contributed by atoms with Crippen LogP contribution in [0.15, 0.2) is 108 Å². The van der Waals surface area contributed by atoms with E-state index < -0.39 is 9.85 Å². The molecule has 10 heteroatoms. The number of benzene rings is 4. The first-order valence-corrected chi connectivity index (χ1v) is 12.6. The molecule has 42 heavy (non-hydrogen) atoms. The maximum atomic E-state index is 12.1. The Morgan fingerprint density at radius 1 is 0.571 bits per heavy atom. The van der Waals surface area contributed by atoms with E-state index in [2.05, 4.69) is 0 Å². The molecule has 210 valence electrons. The number of aldehydes is 2. The van der Waals surface area contributed by atoms with Crippen molar-refractivity contribution in [2.24, 2.45) is 0 Å². The maximum Gasteiger partial charge on any atom is 0.269 e. The van der Waals surface area contributed by atoms with Gasteiger partial charge in [0.15, 0.2) is 12.6 Å². The topological polar surface area (TPSA) is 139 Å². The molecule has 0 fully saturated rings. The molecule has 0 saturated carbocycles. The lowest BCUT2D eigenvalue weighted by Crippen LogP contribution is -2.00. The summed E-state index contributed by atoms with van der Waals surface area (Å²) in [5, 5.41) is 21.8. The molecule has 10 nitrogen and oxygen atoms in total. The van der Waals surface area contributed by atoms with Crippen LogP contribution in [-0.2, 0) is 22.8 Å². The van der Waals surface area contributed by atoms with E-state index in [1.54, 1.807) is 84.9 Å². The van der Waals surface area contributed by atoms with Crippen molar-refractivity contribution in [3.05, 3.63) is 151 Å². The van der Waals surface area contributed by atoms with Gasteiger partial charge >= 0.3 is 0 Å². The van der Waals surface area contributed by atoms with Gasteiger partial charge in [-0.1, -0.05) is 36.4 Å². The van der Waals surface area contributed by atoms with Crippen LogP contribution in [0.5, 0.6) is 11.5 Å². The molecule has 4 aromatic rings. The monoisotopic (exact) mass is 564 g/mol. The molecule has 0 saturated heterocycles. The summed E-state index contributed by atoms with van der Waals surface area (Å²) in [5.41, 5.74) is 2.72. The number of hydrogen-bond donors (Lipinski definition) is 0. The summed E-state index contributed by atoms with van der Waals surface area (Å²) in [6.45, 7) is 0.268. The third-order valence-electron chi connectivity index (χ3n) is 6.13. The summed E-state index contributed by atoms with van der Waals surface area (Å²) in [6.07, 6.45) is 4.23. The van der Waals surface area contributed by atoms with Gasteiger partial charge in [0.2, 0.25) is 0 Å². The highest BCUT2D eigenvalue weighted by Crippen LogP contribution is 2.27. The fourth-order valence-corrected chi connectivity index (χ4v) is 3.92. The van der Waals surface area contributed by atoms with E-state index in [-0.39, 0.29) is 35.7 Å². The van der Waals surface area contributed by atoms with Gasteiger partial charge < -0.3 is 9.47 Å². The second-order valence-electron chi connectivity index (χ2n) is 8.94. The van der Waals surface area contributed by atoms with Crippen LogP contribution >= 0.6 is 0 Å². The van der Waals surface area contributed by atoms with Crippen LogP contribution in [0.2, 0.25) is 0 Å². The summed E-state index contributed by atoms with van der Waals surface area (Å²) in [5.74, 6) is 0.902. The number of carbonyl (C=O) groups is 2. The predicted octanol–water partition coefficient (Wildman–Crippen LogP) is 6.53. The minimum absolute atomic E-state index is 0.0239. The van der Waals surface area contributed by atoms with Crippen molar-refractivity contribution in [3.8, 4) is 11.5 Å². The van der Waals surface area contributed by atoms with E-state index in [0.29, 0.717) is 46.3 Å². The summed E-state index contributed by atoms with van der Waals surface area (Å²) in [7, 11) is 0. The lowest BCUT2D eigenvalue weighted by atomic mass is 10.0. The molecule has 4 rings (SSSR count). The van der Waals surface area contributed by atoms with Gasteiger partial charge in [-0.3, -0.25) is 29.8 Å². The van der Waals surface area contributed by atoms with E-state index in [9.17, 15) is 29.8 Å². The number of nitro benzene ring substituents is 2. The zero-order valence-electron chi connectivity index (χ0n) is 22.1. The van der Waals surface area contributed by atoms with Crippen LogP contribution in [0.1, 0.15) is 22.3 Å². The van der Waals surface area contributed by atoms with Crippen LogP contribution in [0.3, 0.4) is 0 Å².